The molecule has 0 fully saturated rings. The van der Waals surface area contributed by atoms with Crippen LogP contribution in [-0.2, 0) is 24.9 Å². The quantitative estimate of drug-likeness (QED) is 0.668. The second kappa shape index (κ2) is 6.51. The van der Waals surface area contributed by atoms with Gasteiger partial charge in [-0.1, -0.05) is 30.3 Å². The lowest BCUT2D eigenvalue weighted by atomic mass is 10.2. The van der Waals surface area contributed by atoms with E-state index in [0.717, 1.165) is 5.56 Å². The van der Waals surface area contributed by atoms with Crippen LogP contribution in [0.1, 0.15) is 11.3 Å². The number of hydrogen-bond donors (Lipinski definition) is 1. The van der Waals surface area contributed by atoms with Crippen LogP contribution in [0.25, 0.3) is 0 Å². The average molecular weight is 290 g/mol. The number of aryl methyl sites for hydroxylation is 1. The summed E-state index contributed by atoms with van der Waals surface area (Å²) in [4.78, 5) is 21.8. The molecule has 0 saturated carbocycles. The van der Waals surface area contributed by atoms with E-state index in [1.807, 2.05) is 30.3 Å². The Bertz CT molecular complexity index is 639. The van der Waals surface area contributed by atoms with Gasteiger partial charge in [0.25, 0.3) is 0 Å². The summed E-state index contributed by atoms with van der Waals surface area (Å²) in [6.07, 6.45) is 0.630. The molecule has 0 saturated heterocycles. The topological polar surface area (TPSA) is 99.3 Å². The second-order valence-electron chi connectivity index (χ2n) is 4.31. The summed E-state index contributed by atoms with van der Waals surface area (Å²) in [5.74, 6) is 0. The molecule has 1 aromatic carbocycles. The highest BCUT2D eigenvalue weighted by atomic mass is 16.6. The molecule has 0 aliphatic heterocycles. The highest BCUT2D eigenvalue weighted by molar-refractivity contribution is 5.67. The first-order valence-corrected chi connectivity index (χ1v) is 6.17. The molecule has 0 aliphatic carbocycles. The van der Waals surface area contributed by atoms with Crippen molar-refractivity contribution in [2.45, 2.75) is 13.2 Å². The van der Waals surface area contributed by atoms with Crippen molar-refractivity contribution in [2.24, 2.45) is 7.05 Å². The third-order valence-corrected chi connectivity index (χ3v) is 2.69. The first kappa shape index (κ1) is 14.5. The molecule has 0 aliphatic rings. The molecule has 1 aromatic heterocycles. The summed E-state index contributed by atoms with van der Waals surface area (Å²) in [7, 11) is 1.57. The highest BCUT2D eigenvalue weighted by Gasteiger charge is 2.18. The summed E-state index contributed by atoms with van der Waals surface area (Å²) in [6.45, 7) is 0.0712. The molecule has 0 spiro atoms. The Balaban J connectivity index is 1.85. The van der Waals surface area contributed by atoms with Gasteiger partial charge in [-0.25, -0.2) is 4.79 Å². The van der Waals surface area contributed by atoms with Crippen LogP contribution >= 0.6 is 0 Å². The van der Waals surface area contributed by atoms with Crippen LogP contribution in [-0.4, -0.2) is 20.8 Å². The molecule has 0 radical (unpaired) electrons. The number of alkyl carbamates (subject to hydrolysis) is 1. The Morgan fingerprint density at radius 3 is 2.81 bits per heavy atom. The fraction of sp³-hybridized carbons (Fsp3) is 0.231. The predicted octanol–water partition coefficient (Wildman–Crippen LogP) is 1.75. The second-order valence-corrected chi connectivity index (χ2v) is 4.31. The van der Waals surface area contributed by atoms with Gasteiger partial charge in [-0.3, -0.25) is 14.8 Å². The van der Waals surface area contributed by atoms with Crippen molar-refractivity contribution in [1.82, 2.24) is 15.1 Å². The number of nitro groups is 1. The van der Waals surface area contributed by atoms with E-state index in [2.05, 4.69) is 10.4 Å². The van der Waals surface area contributed by atoms with Gasteiger partial charge in [-0.05, 0) is 5.56 Å². The number of ether oxygens (including phenoxy) is 1. The van der Waals surface area contributed by atoms with Gasteiger partial charge in [0.2, 0.25) is 0 Å². The number of rotatable bonds is 5. The SMILES string of the molecule is Cn1cc([N+](=O)[O-])c(CNC(=O)OCc2ccccc2)n1. The van der Waals surface area contributed by atoms with E-state index in [4.69, 9.17) is 4.74 Å². The molecule has 1 amide bonds. The summed E-state index contributed by atoms with van der Waals surface area (Å²) in [6, 6.07) is 9.21. The Hall–Kier alpha value is -2.90. The summed E-state index contributed by atoms with van der Waals surface area (Å²) >= 11 is 0. The summed E-state index contributed by atoms with van der Waals surface area (Å²) in [5.41, 5.74) is 0.900. The third kappa shape index (κ3) is 4.03. The van der Waals surface area contributed by atoms with E-state index >= 15 is 0 Å². The van der Waals surface area contributed by atoms with Crippen LogP contribution in [0, 0.1) is 10.1 Å². The highest BCUT2D eigenvalue weighted by Crippen LogP contribution is 2.15. The van der Waals surface area contributed by atoms with Gasteiger partial charge in [0.05, 0.1) is 11.5 Å². The molecule has 1 N–H and O–H groups in total. The van der Waals surface area contributed by atoms with Gasteiger partial charge in [-0.15, -0.1) is 0 Å². The fourth-order valence-corrected chi connectivity index (χ4v) is 1.73. The minimum absolute atomic E-state index is 0.0647. The Morgan fingerprint density at radius 2 is 2.14 bits per heavy atom. The van der Waals surface area contributed by atoms with E-state index < -0.39 is 11.0 Å². The lowest BCUT2D eigenvalue weighted by Crippen LogP contribution is -2.24. The molecule has 1 heterocycles. The molecule has 0 atom stereocenters. The van der Waals surface area contributed by atoms with E-state index in [0.29, 0.717) is 0 Å². The molecular weight excluding hydrogens is 276 g/mol. The van der Waals surface area contributed by atoms with Crippen molar-refractivity contribution >= 4 is 11.8 Å². The molecule has 2 aromatic rings. The van der Waals surface area contributed by atoms with Crippen LogP contribution in [0.15, 0.2) is 36.5 Å². The van der Waals surface area contributed by atoms with E-state index in [-0.39, 0.29) is 24.5 Å². The fourth-order valence-electron chi connectivity index (χ4n) is 1.73. The molecule has 21 heavy (non-hydrogen) atoms. The molecule has 8 nitrogen and oxygen atoms in total. The molecule has 110 valence electrons. The van der Waals surface area contributed by atoms with Crippen molar-refractivity contribution in [1.29, 1.82) is 0 Å². The van der Waals surface area contributed by atoms with Crippen molar-refractivity contribution in [3.8, 4) is 0 Å². The number of amides is 1. The summed E-state index contributed by atoms with van der Waals surface area (Å²) < 4.78 is 6.33. The average Bonchev–Trinajstić information content (AvgIpc) is 2.85. The van der Waals surface area contributed by atoms with Gasteiger partial charge in [0.15, 0.2) is 5.69 Å². The van der Waals surface area contributed by atoms with Crippen LogP contribution in [0.4, 0.5) is 10.5 Å². The Morgan fingerprint density at radius 1 is 1.43 bits per heavy atom. The van der Waals surface area contributed by atoms with Crippen molar-refractivity contribution in [3.63, 3.8) is 0 Å². The van der Waals surface area contributed by atoms with Crippen LogP contribution in [0.3, 0.4) is 0 Å². The van der Waals surface area contributed by atoms with E-state index in [1.165, 1.54) is 10.9 Å². The van der Waals surface area contributed by atoms with Gasteiger partial charge in [0, 0.05) is 7.05 Å². The van der Waals surface area contributed by atoms with Crippen molar-refractivity contribution < 1.29 is 14.5 Å². The first-order chi connectivity index (χ1) is 10.1. The number of hydrogen-bond acceptors (Lipinski definition) is 5. The number of nitrogens with zero attached hydrogens (tertiary/aromatic N) is 3. The van der Waals surface area contributed by atoms with Crippen molar-refractivity contribution in [3.05, 3.63) is 57.9 Å². The Kier molecular flexibility index (Phi) is 4.50. The van der Waals surface area contributed by atoms with Gasteiger partial charge in [-0.2, -0.15) is 5.10 Å². The number of carbonyl (C=O) groups is 1. The molecule has 0 bridgehead atoms. The lowest BCUT2D eigenvalue weighted by Gasteiger charge is -2.05. The minimum Gasteiger partial charge on any atom is -0.445 e. The number of benzene rings is 1. The normalized spacial score (nSPS) is 10.1. The summed E-state index contributed by atoms with van der Waals surface area (Å²) in [5, 5.41) is 17.2. The monoisotopic (exact) mass is 290 g/mol. The predicted molar refractivity (Wildman–Crippen MR) is 73.3 cm³/mol. The minimum atomic E-state index is -0.654. The maximum absolute atomic E-state index is 11.5. The van der Waals surface area contributed by atoms with E-state index in [1.54, 1.807) is 7.05 Å². The van der Waals surface area contributed by atoms with Gasteiger partial charge >= 0.3 is 11.8 Å². The molecular formula is C13H14N4O4. The van der Waals surface area contributed by atoms with Crippen LogP contribution in [0.5, 0.6) is 0 Å². The standard InChI is InChI=1S/C13H14N4O4/c1-16-8-12(17(19)20)11(15-16)7-14-13(18)21-9-10-5-3-2-4-6-10/h2-6,8H,7,9H2,1H3,(H,14,18). The van der Waals surface area contributed by atoms with E-state index in [9.17, 15) is 14.9 Å². The molecule has 8 heteroatoms. The zero-order valence-corrected chi connectivity index (χ0v) is 11.4. The van der Waals surface area contributed by atoms with Gasteiger partial charge < -0.3 is 10.1 Å². The Labute approximate surface area is 120 Å². The molecule has 2 rings (SSSR count). The van der Waals surface area contributed by atoms with Crippen LogP contribution < -0.4 is 5.32 Å². The van der Waals surface area contributed by atoms with Crippen molar-refractivity contribution in [2.75, 3.05) is 0 Å². The number of nitrogens with one attached hydrogen (secondary N) is 1. The lowest BCUT2D eigenvalue weighted by molar-refractivity contribution is -0.385. The zero-order chi connectivity index (χ0) is 15.2. The maximum Gasteiger partial charge on any atom is 0.407 e. The van der Waals surface area contributed by atoms with Gasteiger partial charge in [0.1, 0.15) is 12.8 Å². The number of carbonyl (C=O) groups excluding carboxylic acids is 1. The maximum atomic E-state index is 11.5. The zero-order valence-electron chi connectivity index (χ0n) is 11.4. The third-order valence-electron chi connectivity index (χ3n) is 2.69. The largest absolute Gasteiger partial charge is 0.445 e. The molecule has 0 unspecified atom stereocenters. The first-order valence-electron chi connectivity index (χ1n) is 6.17. The van der Waals surface area contributed by atoms with Crippen LogP contribution in [0.2, 0.25) is 0 Å². The number of aromatic nitrogens is 2. The smallest absolute Gasteiger partial charge is 0.407 e.